The van der Waals surface area contributed by atoms with E-state index < -0.39 is 12.6 Å². The zero-order chi connectivity index (χ0) is 13.7. The Balaban J connectivity index is 0.00000200. The van der Waals surface area contributed by atoms with Crippen LogP contribution in [0.15, 0.2) is 18.2 Å². The number of alkyl halides is 1. The first-order chi connectivity index (χ1) is 9.20. The molecule has 112 valence electrons. The molecule has 0 aromatic heterocycles. The third-order valence-corrected chi connectivity index (χ3v) is 3.45. The summed E-state index contributed by atoms with van der Waals surface area (Å²) in [6.07, 6.45) is 1.83. The highest BCUT2D eigenvalue weighted by Gasteiger charge is 2.18. The lowest BCUT2D eigenvalue weighted by atomic mass is 9.89. The van der Waals surface area contributed by atoms with Crippen molar-refractivity contribution in [3.8, 4) is 0 Å². The fourth-order valence-electron chi connectivity index (χ4n) is 2.40. The second-order valence-electron chi connectivity index (χ2n) is 4.79. The molecule has 1 amide bonds. The molecule has 0 saturated carbocycles. The number of nitrogens with one attached hydrogen (secondary N) is 2. The van der Waals surface area contributed by atoms with E-state index in [0.29, 0.717) is 5.56 Å². The van der Waals surface area contributed by atoms with E-state index >= 15 is 0 Å². The van der Waals surface area contributed by atoms with Gasteiger partial charge in [-0.2, -0.15) is 0 Å². The summed E-state index contributed by atoms with van der Waals surface area (Å²) in [7, 11) is 0. The molecule has 2 N–H and O–H groups in total. The van der Waals surface area contributed by atoms with Gasteiger partial charge in [-0.1, -0.05) is 12.1 Å². The monoisotopic (exact) mass is 304 g/mol. The molecule has 0 aliphatic carbocycles. The molecule has 1 aromatic rings. The summed E-state index contributed by atoms with van der Waals surface area (Å²) >= 11 is 0. The van der Waals surface area contributed by atoms with Crippen LogP contribution >= 0.6 is 12.4 Å². The molecular formula is C14H19ClF2N2O. The van der Waals surface area contributed by atoms with Crippen LogP contribution in [0.25, 0.3) is 0 Å². The van der Waals surface area contributed by atoms with Gasteiger partial charge < -0.3 is 10.6 Å². The average molecular weight is 305 g/mol. The van der Waals surface area contributed by atoms with Gasteiger partial charge in [-0.3, -0.25) is 4.79 Å². The molecule has 3 nitrogen and oxygen atoms in total. The number of carbonyl (C=O) groups is 1. The topological polar surface area (TPSA) is 41.1 Å². The first-order valence-electron chi connectivity index (χ1n) is 6.52. The van der Waals surface area contributed by atoms with E-state index in [1.54, 1.807) is 12.1 Å². The van der Waals surface area contributed by atoms with E-state index in [2.05, 4.69) is 10.6 Å². The van der Waals surface area contributed by atoms with Crippen molar-refractivity contribution in [1.29, 1.82) is 0 Å². The van der Waals surface area contributed by atoms with Crippen LogP contribution < -0.4 is 10.6 Å². The summed E-state index contributed by atoms with van der Waals surface area (Å²) in [5.74, 6) is -0.627. The van der Waals surface area contributed by atoms with E-state index in [4.69, 9.17) is 0 Å². The van der Waals surface area contributed by atoms with Gasteiger partial charge in [0.25, 0.3) is 5.91 Å². The van der Waals surface area contributed by atoms with Crippen molar-refractivity contribution >= 4 is 18.3 Å². The van der Waals surface area contributed by atoms with Crippen LogP contribution in [0.3, 0.4) is 0 Å². The lowest BCUT2D eigenvalue weighted by Crippen LogP contribution is -2.27. The Morgan fingerprint density at radius 2 is 2.05 bits per heavy atom. The molecule has 1 aliphatic rings. The van der Waals surface area contributed by atoms with Gasteiger partial charge in [0.05, 0.1) is 0 Å². The number of amides is 1. The molecule has 0 unspecified atom stereocenters. The van der Waals surface area contributed by atoms with Gasteiger partial charge in [-0.05, 0) is 49.0 Å². The van der Waals surface area contributed by atoms with E-state index in [0.717, 1.165) is 31.5 Å². The lowest BCUT2D eigenvalue weighted by molar-refractivity contribution is -0.122. The second-order valence-corrected chi connectivity index (χ2v) is 4.79. The van der Waals surface area contributed by atoms with Crippen LogP contribution in [0.4, 0.5) is 8.78 Å². The minimum atomic E-state index is -1.03. The number of hydrogen-bond acceptors (Lipinski definition) is 2. The van der Waals surface area contributed by atoms with E-state index in [9.17, 15) is 13.6 Å². The Kier molecular flexibility index (Phi) is 6.88. The summed E-state index contributed by atoms with van der Waals surface area (Å²) in [5.41, 5.74) is 1.50. The average Bonchev–Trinajstić information content (AvgIpc) is 2.47. The van der Waals surface area contributed by atoms with E-state index in [1.165, 1.54) is 6.07 Å². The van der Waals surface area contributed by atoms with Gasteiger partial charge in [-0.15, -0.1) is 12.4 Å². The summed E-state index contributed by atoms with van der Waals surface area (Å²) in [6.45, 7) is 1.00. The quantitative estimate of drug-likeness (QED) is 0.896. The van der Waals surface area contributed by atoms with Gasteiger partial charge >= 0.3 is 0 Å². The molecule has 1 saturated heterocycles. The predicted molar refractivity (Wildman–Crippen MR) is 76.3 cm³/mol. The number of carbonyl (C=O) groups excluding carboxylic acids is 1. The standard InChI is InChI=1S/C14H18F2N2O.ClH/c15-8-14(19)18-9-10-1-2-13(16)12(7-10)11-3-5-17-6-4-11;/h1-2,7,11,17H,3-6,8-9H2,(H,18,19);1H. The largest absolute Gasteiger partial charge is 0.350 e. The van der Waals surface area contributed by atoms with Crippen molar-refractivity contribution in [3.05, 3.63) is 35.1 Å². The fraction of sp³-hybridized carbons (Fsp3) is 0.500. The van der Waals surface area contributed by atoms with Gasteiger partial charge in [0.1, 0.15) is 5.82 Å². The lowest BCUT2D eigenvalue weighted by Gasteiger charge is -2.23. The maximum atomic E-state index is 13.9. The highest BCUT2D eigenvalue weighted by molar-refractivity contribution is 5.85. The van der Waals surface area contributed by atoms with Crippen LogP contribution in [-0.2, 0) is 11.3 Å². The third-order valence-electron chi connectivity index (χ3n) is 3.45. The number of rotatable bonds is 4. The molecule has 1 aliphatic heterocycles. The van der Waals surface area contributed by atoms with Crippen LogP contribution in [-0.4, -0.2) is 25.7 Å². The number of halogens is 3. The minimum absolute atomic E-state index is 0. The van der Waals surface area contributed by atoms with Crippen molar-refractivity contribution in [1.82, 2.24) is 10.6 Å². The Bertz CT molecular complexity index is 451. The maximum Gasteiger partial charge on any atom is 0.251 e. The van der Waals surface area contributed by atoms with Crippen molar-refractivity contribution in [2.45, 2.75) is 25.3 Å². The third kappa shape index (κ3) is 4.42. The molecule has 1 aromatic carbocycles. The van der Waals surface area contributed by atoms with Gasteiger partial charge in [0.15, 0.2) is 6.67 Å². The van der Waals surface area contributed by atoms with Gasteiger partial charge in [0, 0.05) is 6.54 Å². The summed E-state index contributed by atoms with van der Waals surface area (Å²) in [4.78, 5) is 10.9. The fourth-order valence-corrected chi connectivity index (χ4v) is 2.40. The van der Waals surface area contributed by atoms with Crippen molar-refractivity contribution in [2.75, 3.05) is 19.8 Å². The van der Waals surface area contributed by atoms with Gasteiger partial charge in [0.2, 0.25) is 0 Å². The molecule has 0 spiro atoms. The van der Waals surface area contributed by atoms with Crippen molar-refractivity contribution in [2.24, 2.45) is 0 Å². The van der Waals surface area contributed by atoms with E-state index in [1.807, 2.05) is 0 Å². The number of benzene rings is 1. The smallest absolute Gasteiger partial charge is 0.251 e. The minimum Gasteiger partial charge on any atom is -0.350 e. The molecule has 1 fully saturated rings. The second kappa shape index (κ2) is 8.17. The molecule has 20 heavy (non-hydrogen) atoms. The Morgan fingerprint density at radius 3 is 2.70 bits per heavy atom. The van der Waals surface area contributed by atoms with Crippen LogP contribution in [0.2, 0.25) is 0 Å². The number of piperidine rings is 1. The first kappa shape index (κ1) is 16.9. The Labute approximate surface area is 123 Å². The molecular weight excluding hydrogens is 286 g/mol. The van der Waals surface area contributed by atoms with E-state index in [-0.39, 0.29) is 30.7 Å². The highest BCUT2D eigenvalue weighted by Crippen LogP contribution is 2.28. The number of hydrogen-bond donors (Lipinski definition) is 2. The summed E-state index contributed by atoms with van der Waals surface area (Å²) in [6, 6.07) is 4.83. The summed E-state index contributed by atoms with van der Waals surface area (Å²) in [5, 5.41) is 5.69. The first-order valence-corrected chi connectivity index (χ1v) is 6.52. The Morgan fingerprint density at radius 1 is 1.35 bits per heavy atom. The normalized spacial score (nSPS) is 15.5. The van der Waals surface area contributed by atoms with Crippen molar-refractivity contribution < 1.29 is 13.6 Å². The maximum absolute atomic E-state index is 13.9. The molecule has 0 bridgehead atoms. The zero-order valence-electron chi connectivity index (χ0n) is 11.1. The molecule has 0 atom stereocenters. The van der Waals surface area contributed by atoms with Crippen molar-refractivity contribution in [3.63, 3.8) is 0 Å². The molecule has 0 radical (unpaired) electrons. The van der Waals surface area contributed by atoms with Crippen LogP contribution in [0.1, 0.15) is 29.9 Å². The molecule has 1 heterocycles. The summed E-state index contributed by atoms with van der Waals surface area (Å²) < 4.78 is 25.9. The molecule has 6 heteroatoms. The SMILES string of the molecule is Cl.O=C(CF)NCc1ccc(F)c(C2CCNCC2)c1. The van der Waals surface area contributed by atoms with Gasteiger partial charge in [-0.25, -0.2) is 8.78 Å². The highest BCUT2D eigenvalue weighted by atomic mass is 35.5. The van der Waals surface area contributed by atoms with Crippen LogP contribution in [0, 0.1) is 5.82 Å². The Hall–Kier alpha value is -1.20. The zero-order valence-corrected chi connectivity index (χ0v) is 11.9. The van der Waals surface area contributed by atoms with Crippen LogP contribution in [0.5, 0.6) is 0 Å². The molecule has 2 rings (SSSR count). The predicted octanol–water partition coefficient (Wildman–Crippen LogP) is 2.30.